The minimum absolute atomic E-state index is 0.281. The highest BCUT2D eigenvalue weighted by Gasteiger charge is 2.17. The minimum atomic E-state index is -0.981. The van der Waals surface area contributed by atoms with Gasteiger partial charge in [-0.2, -0.15) is 0 Å². The second-order valence-corrected chi connectivity index (χ2v) is 4.49. The third-order valence-electron chi connectivity index (χ3n) is 2.93. The van der Waals surface area contributed by atoms with Gasteiger partial charge < -0.3 is 10.2 Å². The Labute approximate surface area is 118 Å². The Morgan fingerprint density at radius 1 is 1.05 bits per heavy atom. The summed E-state index contributed by atoms with van der Waals surface area (Å²) >= 11 is 0. The van der Waals surface area contributed by atoms with Crippen molar-refractivity contribution in [2.45, 2.75) is 12.8 Å². The summed E-state index contributed by atoms with van der Waals surface area (Å²) in [6.07, 6.45) is 5.02. The van der Waals surface area contributed by atoms with Crippen molar-refractivity contribution in [3.8, 4) is 0 Å². The van der Waals surface area contributed by atoms with Crippen LogP contribution in [0.5, 0.6) is 0 Å². The van der Waals surface area contributed by atoms with Gasteiger partial charge in [0.05, 0.1) is 11.8 Å². The van der Waals surface area contributed by atoms with Gasteiger partial charge in [-0.25, -0.2) is 0 Å². The quantitative estimate of drug-likeness (QED) is 0.715. The van der Waals surface area contributed by atoms with Gasteiger partial charge in [-0.1, -0.05) is 48.6 Å². The molecule has 0 aliphatic heterocycles. The van der Waals surface area contributed by atoms with Gasteiger partial charge in [-0.3, -0.25) is 9.59 Å². The van der Waals surface area contributed by atoms with Crippen molar-refractivity contribution >= 4 is 11.9 Å². The molecular weight excluding hydrogens is 256 g/mol. The molecule has 4 heteroatoms. The Kier molecular flexibility index (Phi) is 6.23. The van der Waals surface area contributed by atoms with E-state index in [-0.39, 0.29) is 6.42 Å². The maximum absolute atomic E-state index is 11.2. The van der Waals surface area contributed by atoms with Crippen LogP contribution in [0.2, 0.25) is 0 Å². The van der Waals surface area contributed by atoms with E-state index in [1.165, 1.54) is 18.2 Å². The van der Waals surface area contributed by atoms with Gasteiger partial charge in [0, 0.05) is 0 Å². The Balaban J connectivity index is 2.79. The van der Waals surface area contributed by atoms with E-state index in [9.17, 15) is 14.7 Å². The van der Waals surface area contributed by atoms with Crippen LogP contribution >= 0.6 is 0 Å². The van der Waals surface area contributed by atoms with Crippen LogP contribution in [0.25, 0.3) is 0 Å². The lowest BCUT2D eigenvalue weighted by Crippen LogP contribution is -2.16. The number of hydrogen-bond acceptors (Lipinski definition) is 2. The highest BCUT2D eigenvalue weighted by molar-refractivity contribution is 5.74. The molecule has 0 radical (unpaired) electrons. The van der Waals surface area contributed by atoms with Gasteiger partial charge in [0.1, 0.15) is 0 Å². The van der Waals surface area contributed by atoms with Crippen molar-refractivity contribution in [3.63, 3.8) is 0 Å². The maximum Gasteiger partial charge on any atom is 0.310 e. The molecule has 0 fully saturated rings. The van der Waals surface area contributed by atoms with Crippen LogP contribution in [0.3, 0.4) is 0 Å². The predicted octanol–water partition coefficient (Wildman–Crippen LogP) is 2.76. The molecule has 0 bridgehead atoms. The first-order chi connectivity index (χ1) is 9.54. The topological polar surface area (TPSA) is 74.6 Å². The van der Waals surface area contributed by atoms with E-state index >= 15 is 0 Å². The van der Waals surface area contributed by atoms with E-state index < -0.39 is 23.8 Å². The SMILES string of the molecule is C=CC[C@@H](/C=C/[C@H](Cc1ccccc1)C(=O)O)C(=O)O. The summed E-state index contributed by atoms with van der Waals surface area (Å²) in [7, 11) is 0. The van der Waals surface area contributed by atoms with Gasteiger partial charge in [0.25, 0.3) is 0 Å². The molecule has 106 valence electrons. The molecule has 1 rings (SSSR count). The predicted molar refractivity (Wildman–Crippen MR) is 76.4 cm³/mol. The van der Waals surface area contributed by atoms with E-state index in [0.717, 1.165) is 5.56 Å². The summed E-state index contributed by atoms with van der Waals surface area (Å²) in [6, 6.07) is 9.25. The number of benzene rings is 1. The average molecular weight is 274 g/mol. The van der Waals surface area contributed by atoms with E-state index in [4.69, 9.17) is 5.11 Å². The van der Waals surface area contributed by atoms with Crippen LogP contribution < -0.4 is 0 Å². The molecule has 0 amide bonds. The number of hydrogen-bond donors (Lipinski definition) is 2. The standard InChI is InChI=1S/C16H18O4/c1-2-6-13(15(17)18)9-10-14(16(19)20)11-12-7-4-3-5-8-12/h2-5,7-10,13-14H,1,6,11H2,(H,17,18)(H,19,20)/b10-9+/t13-,14+/m0/s1. The minimum Gasteiger partial charge on any atom is -0.481 e. The highest BCUT2D eigenvalue weighted by atomic mass is 16.4. The monoisotopic (exact) mass is 274 g/mol. The second-order valence-electron chi connectivity index (χ2n) is 4.49. The molecule has 0 aliphatic carbocycles. The van der Waals surface area contributed by atoms with Gasteiger partial charge in [0.15, 0.2) is 0 Å². The van der Waals surface area contributed by atoms with Crippen LogP contribution in [-0.2, 0) is 16.0 Å². The summed E-state index contributed by atoms with van der Waals surface area (Å²) in [5, 5.41) is 18.2. The number of rotatable bonds is 8. The molecule has 2 N–H and O–H groups in total. The molecule has 1 aromatic carbocycles. The Bertz CT molecular complexity index is 490. The fourth-order valence-electron chi connectivity index (χ4n) is 1.82. The average Bonchev–Trinajstić information content (AvgIpc) is 2.42. The fourth-order valence-corrected chi connectivity index (χ4v) is 1.82. The molecule has 0 unspecified atom stereocenters. The van der Waals surface area contributed by atoms with Gasteiger partial charge in [0.2, 0.25) is 0 Å². The van der Waals surface area contributed by atoms with Crippen molar-refractivity contribution in [1.29, 1.82) is 0 Å². The van der Waals surface area contributed by atoms with Crippen molar-refractivity contribution < 1.29 is 19.8 Å². The number of carboxylic acid groups (broad SMARTS) is 2. The first kappa shape index (κ1) is 15.7. The van der Waals surface area contributed by atoms with E-state index in [1.54, 1.807) is 0 Å². The zero-order chi connectivity index (χ0) is 15.0. The van der Waals surface area contributed by atoms with E-state index in [1.807, 2.05) is 30.3 Å². The van der Waals surface area contributed by atoms with Crippen LogP contribution in [0.1, 0.15) is 12.0 Å². The number of carbonyl (C=O) groups is 2. The molecule has 0 spiro atoms. The zero-order valence-electron chi connectivity index (χ0n) is 11.1. The lowest BCUT2D eigenvalue weighted by molar-refractivity contribution is -0.141. The van der Waals surface area contributed by atoms with Gasteiger partial charge >= 0.3 is 11.9 Å². The van der Waals surface area contributed by atoms with Crippen LogP contribution in [-0.4, -0.2) is 22.2 Å². The molecule has 0 aliphatic rings. The third-order valence-corrected chi connectivity index (χ3v) is 2.93. The Morgan fingerprint density at radius 2 is 1.60 bits per heavy atom. The second kappa shape index (κ2) is 7.94. The summed E-state index contributed by atoms with van der Waals surface area (Å²) in [5.74, 6) is -3.41. The third kappa shape index (κ3) is 5.10. The largest absolute Gasteiger partial charge is 0.481 e. The van der Waals surface area contributed by atoms with Gasteiger partial charge in [-0.15, -0.1) is 6.58 Å². The first-order valence-electron chi connectivity index (χ1n) is 6.33. The van der Waals surface area contributed by atoms with Crippen LogP contribution in [0.4, 0.5) is 0 Å². The maximum atomic E-state index is 11.2. The highest BCUT2D eigenvalue weighted by Crippen LogP contribution is 2.14. The number of allylic oxidation sites excluding steroid dienone is 1. The van der Waals surface area contributed by atoms with E-state index in [0.29, 0.717) is 6.42 Å². The van der Waals surface area contributed by atoms with E-state index in [2.05, 4.69) is 6.58 Å². The number of aliphatic carboxylic acids is 2. The van der Waals surface area contributed by atoms with Crippen molar-refractivity contribution in [3.05, 3.63) is 60.7 Å². The molecule has 4 nitrogen and oxygen atoms in total. The molecule has 0 saturated heterocycles. The molecule has 0 heterocycles. The Morgan fingerprint density at radius 3 is 2.10 bits per heavy atom. The summed E-state index contributed by atoms with van der Waals surface area (Å²) in [5.41, 5.74) is 0.903. The zero-order valence-corrected chi connectivity index (χ0v) is 11.1. The number of carboxylic acids is 2. The van der Waals surface area contributed by atoms with Crippen LogP contribution in [0.15, 0.2) is 55.1 Å². The molecule has 1 aromatic rings. The van der Waals surface area contributed by atoms with Crippen LogP contribution in [0, 0.1) is 11.8 Å². The summed E-state index contributed by atoms with van der Waals surface area (Å²) in [4.78, 5) is 22.2. The normalized spacial score (nSPS) is 13.8. The summed E-state index contributed by atoms with van der Waals surface area (Å²) < 4.78 is 0. The van der Waals surface area contributed by atoms with Crippen molar-refractivity contribution in [2.24, 2.45) is 11.8 Å². The molecule has 20 heavy (non-hydrogen) atoms. The molecule has 0 aromatic heterocycles. The molecular formula is C16H18O4. The lowest BCUT2D eigenvalue weighted by atomic mass is 9.96. The Hall–Kier alpha value is -2.36. The smallest absolute Gasteiger partial charge is 0.310 e. The fraction of sp³-hybridized carbons (Fsp3) is 0.250. The van der Waals surface area contributed by atoms with Gasteiger partial charge in [-0.05, 0) is 18.4 Å². The molecule has 2 atom stereocenters. The first-order valence-corrected chi connectivity index (χ1v) is 6.33. The lowest BCUT2D eigenvalue weighted by Gasteiger charge is -2.09. The van der Waals surface area contributed by atoms with Crippen molar-refractivity contribution in [1.82, 2.24) is 0 Å². The summed E-state index contributed by atoms with van der Waals surface area (Å²) in [6.45, 7) is 3.50. The molecule has 0 saturated carbocycles. The van der Waals surface area contributed by atoms with Crippen molar-refractivity contribution in [2.75, 3.05) is 0 Å².